The zero-order valence-corrected chi connectivity index (χ0v) is 16.2. The molecule has 1 aromatic carbocycles. The van der Waals surface area contributed by atoms with Crippen molar-refractivity contribution in [1.82, 2.24) is 10.2 Å². The maximum absolute atomic E-state index is 12.8. The summed E-state index contributed by atoms with van der Waals surface area (Å²) in [5, 5.41) is 4.00. The predicted octanol–water partition coefficient (Wildman–Crippen LogP) is 2.97. The fourth-order valence-corrected chi connectivity index (χ4v) is 3.77. The number of nitrogens with two attached hydrogens (primary N) is 1. The van der Waals surface area contributed by atoms with Gasteiger partial charge >= 0.3 is 0 Å². The Morgan fingerprint density at radius 1 is 1.50 bits per heavy atom. The van der Waals surface area contributed by atoms with Crippen molar-refractivity contribution in [2.45, 2.75) is 38.4 Å². The van der Waals surface area contributed by atoms with Crippen molar-refractivity contribution in [2.24, 2.45) is 11.7 Å². The van der Waals surface area contributed by atoms with Gasteiger partial charge in [0.15, 0.2) is 0 Å². The molecule has 1 aromatic rings. The molecule has 1 saturated heterocycles. The molecular formula is C17H25Cl2N3OS. The van der Waals surface area contributed by atoms with Crippen LogP contribution in [0.3, 0.4) is 0 Å². The Morgan fingerprint density at radius 3 is 2.92 bits per heavy atom. The lowest BCUT2D eigenvalue weighted by atomic mass is 9.96. The van der Waals surface area contributed by atoms with E-state index in [1.807, 2.05) is 12.1 Å². The number of amides is 1. The molecule has 1 aliphatic rings. The minimum atomic E-state index is -0.140. The number of hydrogen-bond acceptors (Lipinski definition) is 4. The molecule has 24 heavy (non-hydrogen) atoms. The summed E-state index contributed by atoms with van der Waals surface area (Å²) in [7, 11) is 0. The van der Waals surface area contributed by atoms with Gasteiger partial charge in [-0.15, -0.1) is 0 Å². The van der Waals surface area contributed by atoms with Gasteiger partial charge in [0.25, 0.3) is 0 Å². The van der Waals surface area contributed by atoms with Crippen molar-refractivity contribution in [3.8, 4) is 0 Å². The van der Waals surface area contributed by atoms with Gasteiger partial charge < -0.3 is 11.1 Å². The molecule has 2 rings (SSSR count). The summed E-state index contributed by atoms with van der Waals surface area (Å²) < 4.78 is 0. The van der Waals surface area contributed by atoms with E-state index in [1.165, 1.54) is 0 Å². The van der Waals surface area contributed by atoms with Crippen molar-refractivity contribution in [3.05, 3.63) is 33.8 Å². The van der Waals surface area contributed by atoms with E-state index in [2.05, 4.69) is 29.8 Å². The van der Waals surface area contributed by atoms with Gasteiger partial charge in [-0.3, -0.25) is 9.69 Å². The molecule has 1 fully saturated rings. The van der Waals surface area contributed by atoms with Gasteiger partial charge in [-0.1, -0.05) is 48.7 Å². The highest BCUT2D eigenvalue weighted by atomic mass is 35.5. The number of nitrogens with one attached hydrogen (secondary N) is 1. The molecule has 0 spiro atoms. The molecule has 4 nitrogen and oxygen atoms in total. The summed E-state index contributed by atoms with van der Waals surface area (Å²) in [6, 6.07) is 5.27. The number of thiol groups is 1. The molecule has 0 saturated carbocycles. The van der Waals surface area contributed by atoms with E-state index >= 15 is 0 Å². The Hall–Kier alpha value is -0.460. The van der Waals surface area contributed by atoms with Crippen LogP contribution in [-0.2, 0) is 11.3 Å². The second kappa shape index (κ2) is 9.30. The smallest absolute Gasteiger partial charge is 0.237 e. The van der Waals surface area contributed by atoms with E-state index in [1.54, 1.807) is 6.07 Å². The topological polar surface area (TPSA) is 58.4 Å². The van der Waals surface area contributed by atoms with E-state index in [9.17, 15) is 4.79 Å². The third-order valence-electron chi connectivity index (χ3n) is 4.61. The SMILES string of the molecule is CC[C@H]1CCN(C[C@@H](N)CS)[C@@H]1C(=O)NCc1cccc(Cl)c1Cl. The fraction of sp³-hybridized carbons (Fsp3) is 0.588. The quantitative estimate of drug-likeness (QED) is 0.628. The van der Waals surface area contributed by atoms with Gasteiger partial charge in [0.1, 0.15) is 0 Å². The van der Waals surface area contributed by atoms with Crippen LogP contribution < -0.4 is 11.1 Å². The molecule has 0 unspecified atom stereocenters. The van der Waals surface area contributed by atoms with Crippen LogP contribution in [0.4, 0.5) is 0 Å². The van der Waals surface area contributed by atoms with E-state index in [-0.39, 0.29) is 18.0 Å². The third kappa shape index (κ3) is 4.79. The maximum Gasteiger partial charge on any atom is 0.237 e. The fourth-order valence-electron chi connectivity index (χ4n) is 3.27. The molecule has 1 aliphatic heterocycles. The van der Waals surface area contributed by atoms with Crippen LogP contribution in [0.1, 0.15) is 25.3 Å². The highest BCUT2D eigenvalue weighted by Gasteiger charge is 2.38. The Kier molecular flexibility index (Phi) is 7.69. The molecule has 0 aromatic heterocycles. The number of halogens is 2. The van der Waals surface area contributed by atoms with Crippen molar-refractivity contribution in [3.63, 3.8) is 0 Å². The van der Waals surface area contributed by atoms with Gasteiger partial charge in [-0.05, 0) is 30.5 Å². The largest absolute Gasteiger partial charge is 0.351 e. The zero-order chi connectivity index (χ0) is 17.7. The van der Waals surface area contributed by atoms with E-state index < -0.39 is 0 Å². The Labute approximate surface area is 159 Å². The first-order chi connectivity index (χ1) is 11.5. The standard InChI is InChI=1S/C17H25Cl2N3OS/c1-2-11-6-7-22(9-13(20)10-24)16(11)17(23)21-8-12-4-3-5-14(18)15(12)19/h3-5,11,13,16,24H,2,6-10,20H2,1H3,(H,21,23)/t11-,13+,16-/m0/s1. The van der Waals surface area contributed by atoms with Crippen molar-refractivity contribution in [1.29, 1.82) is 0 Å². The number of carbonyl (C=O) groups is 1. The van der Waals surface area contributed by atoms with Crippen molar-refractivity contribution >= 4 is 41.7 Å². The van der Waals surface area contributed by atoms with Crippen molar-refractivity contribution < 1.29 is 4.79 Å². The number of carbonyl (C=O) groups excluding carboxylic acids is 1. The molecule has 3 atom stereocenters. The third-order valence-corrected chi connectivity index (χ3v) is 5.94. The van der Waals surface area contributed by atoms with Gasteiger partial charge in [0.2, 0.25) is 5.91 Å². The summed E-state index contributed by atoms with van der Waals surface area (Å²) in [5.41, 5.74) is 6.84. The lowest BCUT2D eigenvalue weighted by Gasteiger charge is -2.28. The van der Waals surface area contributed by atoms with Gasteiger partial charge in [0, 0.05) is 24.9 Å². The van der Waals surface area contributed by atoms with E-state index in [4.69, 9.17) is 28.9 Å². The van der Waals surface area contributed by atoms with Crippen LogP contribution in [0.25, 0.3) is 0 Å². The molecule has 1 amide bonds. The average Bonchev–Trinajstić information content (AvgIpc) is 2.98. The van der Waals surface area contributed by atoms with Gasteiger partial charge in [-0.25, -0.2) is 0 Å². The minimum absolute atomic E-state index is 0.0263. The van der Waals surface area contributed by atoms with E-state index in [0.29, 0.717) is 34.8 Å². The molecule has 0 aliphatic carbocycles. The lowest BCUT2D eigenvalue weighted by molar-refractivity contribution is -0.126. The lowest BCUT2D eigenvalue weighted by Crippen LogP contribution is -2.49. The van der Waals surface area contributed by atoms with Crippen LogP contribution in [0.2, 0.25) is 10.0 Å². The maximum atomic E-state index is 12.8. The predicted molar refractivity (Wildman–Crippen MR) is 104 cm³/mol. The molecule has 134 valence electrons. The Bertz CT molecular complexity index is 573. The van der Waals surface area contributed by atoms with Gasteiger partial charge in [0.05, 0.1) is 16.1 Å². The first-order valence-electron chi connectivity index (χ1n) is 8.29. The monoisotopic (exact) mass is 389 g/mol. The Balaban J connectivity index is 2.03. The van der Waals surface area contributed by atoms with Gasteiger partial charge in [-0.2, -0.15) is 12.6 Å². The first kappa shape index (κ1) is 19.9. The minimum Gasteiger partial charge on any atom is -0.351 e. The van der Waals surface area contributed by atoms with Crippen LogP contribution in [-0.4, -0.2) is 41.7 Å². The summed E-state index contributed by atoms with van der Waals surface area (Å²) in [4.78, 5) is 15.0. The molecule has 0 bridgehead atoms. The van der Waals surface area contributed by atoms with E-state index in [0.717, 1.165) is 24.9 Å². The zero-order valence-electron chi connectivity index (χ0n) is 13.8. The molecule has 0 radical (unpaired) electrons. The second-order valence-electron chi connectivity index (χ2n) is 6.27. The first-order valence-corrected chi connectivity index (χ1v) is 9.67. The number of nitrogens with zero attached hydrogens (tertiary/aromatic N) is 1. The molecular weight excluding hydrogens is 365 g/mol. The van der Waals surface area contributed by atoms with Crippen LogP contribution >= 0.6 is 35.8 Å². The van der Waals surface area contributed by atoms with Crippen LogP contribution in [0.5, 0.6) is 0 Å². The average molecular weight is 390 g/mol. The summed E-state index contributed by atoms with van der Waals surface area (Å²) >= 11 is 16.5. The summed E-state index contributed by atoms with van der Waals surface area (Å²) in [6.45, 7) is 4.09. The Morgan fingerprint density at radius 2 is 2.25 bits per heavy atom. The number of benzene rings is 1. The molecule has 7 heteroatoms. The van der Waals surface area contributed by atoms with Crippen LogP contribution in [0, 0.1) is 5.92 Å². The normalized spacial score (nSPS) is 22.5. The summed E-state index contributed by atoms with van der Waals surface area (Å²) in [5.74, 6) is 0.994. The number of likely N-dealkylation sites (tertiary alicyclic amines) is 1. The molecule has 1 heterocycles. The molecule has 3 N–H and O–H groups in total. The van der Waals surface area contributed by atoms with Crippen LogP contribution in [0.15, 0.2) is 18.2 Å². The second-order valence-corrected chi connectivity index (χ2v) is 7.42. The number of rotatable bonds is 7. The van der Waals surface area contributed by atoms with Crippen molar-refractivity contribution in [2.75, 3.05) is 18.8 Å². The summed E-state index contributed by atoms with van der Waals surface area (Å²) in [6.07, 6.45) is 1.99. The highest BCUT2D eigenvalue weighted by Crippen LogP contribution is 2.28. The number of hydrogen-bond donors (Lipinski definition) is 3. The highest BCUT2D eigenvalue weighted by molar-refractivity contribution is 7.80.